The maximum atomic E-state index is 11.6. The van der Waals surface area contributed by atoms with Crippen molar-refractivity contribution in [2.75, 3.05) is 6.61 Å². The lowest BCUT2D eigenvalue weighted by Crippen LogP contribution is -2.11. The molecule has 0 radical (unpaired) electrons. The molecule has 0 aliphatic heterocycles. The van der Waals surface area contributed by atoms with E-state index in [-0.39, 0.29) is 12.7 Å². The van der Waals surface area contributed by atoms with Crippen LogP contribution in [-0.2, 0) is 4.43 Å². The van der Waals surface area contributed by atoms with Crippen molar-refractivity contribution in [3.8, 4) is 0 Å². The number of hydrogen-bond donors (Lipinski definition) is 0. The van der Waals surface area contributed by atoms with E-state index in [1.165, 1.54) is 0 Å². The van der Waals surface area contributed by atoms with Gasteiger partial charge in [0.2, 0.25) is 0 Å². The number of alkyl halides is 5. The zero-order valence-electron chi connectivity index (χ0n) is 6.20. The summed E-state index contributed by atoms with van der Waals surface area (Å²) in [6, 6.07) is 0.0873. The molecule has 0 bridgehead atoms. The minimum Gasteiger partial charge on any atom is -0.421 e. The first-order valence-corrected chi connectivity index (χ1v) is 5.79. The number of halogens is 5. The van der Waals surface area contributed by atoms with Crippen LogP contribution >= 0.6 is 23.2 Å². The third-order valence-electron chi connectivity index (χ3n) is 0.993. The van der Waals surface area contributed by atoms with E-state index < -0.39 is 27.2 Å². The van der Waals surface area contributed by atoms with E-state index in [9.17, 15) is 13.2 Å². The summed E-state index contributed by atoms with van der Waals surface area (Å²) in [4.78, 5) is -0.636. The highest BCUT2D eigenvalue weighted by molar-refractivity contribution is 6.44. The maximum absolute atomic E-state index is 11.6. The molecule has 0 saturated heterocycles. The molecule has 0 saturated carbocycles. The van der Waals surface area contributed by atoms with E-state index in [1.807, 2.05) is 0 Å². The van der Waals surface area contributed by atoms with E-state index in [1.54, 1.807) is 0 Å². The van der Waals surface area contributed by atoms with Gasteiger partial charge in [0.15, 0.2) is 9.76 Å². The Labute approximate surface area is 81.1 Å². The Morgan fingerprint density at radius 2 is 1.92 bits per heavy atom. The normalized spacial score (nSPS) is 13.5. The van der Waals surface area contributed by atoms with Crippen LogP contribution in [0.25, 0.3) is 0 Å². The lowest BCUT2D eigenvalue weighted by molar-refractivity contribution is -0.130. The Bertz CT molecular complexity index is 120. The number of hydrogen-bond acceptors (Lipinski definition) is 1. The quantitative estimate of drug-likeness (QED) is 0.407. The van der Waals surface area contributed by atoms with Gasteiger partial charge in [0.25, 0.3) is 0 Å². The van der Waals surface area contributed by atoms with Crippen molar-refractivity contribution in [1.29, 1.82) is 0 Å². The third-order valence-corrected chi connectivity index (χ3v) is 2.41. The summed E-state index contributed by atoms with van der Waals surface area (Å²) in [6.45, 7) is 0.132. The van der Waals surface area contributed by atoms with E-state index in [2.05, 4.69) is 0 Å². The lowest BCUT2D eigenvalue weighted by atomic mass is 10.5. The van der Waals surface area contributed by atoms with Crippen LogP contribution in [0.2, 0.25) is 6.04 Å². The minimum absolute atomic E-state index is 0.0873. The van der Waals surface area contributed by atoms with Crippen molar-refractivity contribution < 1.29 is 17.6 Å². The van der Waals surface area contributed by atoms with Gasteiger partial charge >= 0.3 is 6.18 Å². The summed E-state index contributed by atoms with van der Waals surface area (Å²) in [7, 11) is -1.10. The fourth-order valence-electron chi connectivity index (χ4n) is 0.547. The van der Waals surface area contributed by atoms with E-state index in [4.69, 9.17) is 27.6 Å². The Balaban J connectivity index is 3.12. The molecule has 0 fully saturated rings. The predicted molar refractivity (Wildman–Crippen MR) is 45.5 cm³/mol. The van der Waals surface area contributed by atoms with Gasteiger partial charge in [0, 0.05) is 6.42 Å². The van der Waals surface area contributed by atoms with Crippen LogP contribution in [0.4, 0.5) is 13.2 Å². The summed E-state index contributed by atoms with van der Waals surface area (Å²) >= 11 is 10.6. The van der Waals surface area contributed by atoms with E-state index in [0.29, 0.717) is 0 Å². The highest BCUT2D eigenvalue weighted by Crippen LogP contribution is 2.21. The zero-order valence-corrected chi connectivity index (χ0v) is 9.13. The largest absolute Gasteiger partial charge is 0.421 e. The molecule has 0 aromatic heterocycles. The molecule has 0 heterocycles. The van der Waals surface area contributed by atoms with Crippen LogP contribution in [0.5, 0.6) is 0 Å². The molecule has 0 N–H and O–H groups in total. The van der Waals surface area contributed by atoms with Crippen molar-refractivity contribution in [1.82, 2.24) is 0 Å². The average Bonchev–Trinajstić information content (AvgIpc) is 1.83. The molecule has 0 rings (SSSR count). The zero-order chi connectivity index (χ0) is 9.61. The summed E-state index contributed by atoms with van der Waals surface area (Å²) in [5, 5.41) is 0. The van der Waals surface area contributed by atoms with Gasteiger partial charge in [-0.15, -0.1) is 23.2 Å². The summed E-state index contributed by atoms with van der Waals surface area (Å²) in [5.41, 5.74) is 0. The molecule has 12 heavy (non-hydrogen) atoms. The van der Waals surface area contributed by atoms with E-state index in [0.717, 1.165) is 0 Å². The number of rotatable bonds is 5. The molecular formula is C5H9Cl2F3OSi. The van der Waals surface area contributed by atoms with Crippen molar-refractivity contribution in [2.45, 2.75) is 23.5 Å². The van der Waals surface area contributed by atoms with Gasteiger partial charge in [-0.05, 0) is 6.04 Å². The predicted octanol–water partition coefficient (Wildman–Crippen LogP) is 2.26. The van der Waals surface area contributed by atoms with Crippen molar-refractivity contribution >= 4 is 33.0 Å². The molecule has 1 nitrogen and oxygen atoms in total. The SMILES string of the molecule is FC(F)(F)CC[SiH2]OCC(Cl)Cl. The second kappa shape index (κ2) is 6.07. The molecule has 0 spiro atoms. The fourth-order valence-corrected chi connectivity index (χ4v) is 2.18. The standard InChI is InChI=1S/C5H9Cl2F3OSi/c6-4(7)3-11-12-2-1-5(8,9)10/h4H,1-3,12H2. The lowest BCUT2D eigenvalue weighted by Gasteiger charge is -2.06. The molecule has 7 heteroatoms. The van der Waals surface area contributed by atoms with Gasteiger partial charge in [-0.3, -0.25) is 0 Å². The fraction of sp³-hybridized carbons (Fsp3) is 1.00. The molecule has 0 atom stereocenters. The minimum atomic E-state index is -4.07. The molecule has 0 aromatic rings. The molecule has 0 unspecified atom stereocenters. The van der Waals surface area contributed by atoms with Crippen LogP contribution in [-0.4, -0.2) is 27.4 Å². The maximum Gasteiger partial charge on any atom is 0.388 e. The molecular weight excluding hydrogens is 232 g/mol. The van der Waals surface area contributed by atoms with Gasteiger partial charge in [-0.25, -0.2) is 0 Å². The Morgan fingerprint density at radius 1 is 1.33 bits per heavy atom. The first-order valence-electron chi connectivity index (χ1n) is 3.34. The van der Waals surface area contributed by atoms with Crippen LogP contribution in [0.1, 0.15) is 6.42 Å². The monoisotopic (exact) mass is 240 g/mol. The Morgan fingerprint density at radius 3 is 2.33 bits per heavy atom. The van der Waals surface area contributed by atoms with Crippen LogP contribution in [0, 0.1) is 0 Å². The second-order valence-corrected chi connectivity index (χ2v) is 4.99. The Hall–Kier alpha value is 0.547. The van der Waals surface area contributed by atoms with Gasteiger partial charge in [-0.2, -0.15) is 13.2 Å². The van der Waals surface area contributed by atoms with E-state index >= 15 is 0 Å². The first kappa shape index (κ1) is 12.5. The van der Waals surface area contributed by atoms with Crippen molar-refractivity contribution in [2.24, 2.45) is 0 Å². The third kappa shape index (κ3) is 10.5. The van der Waals surface area contributed by atoms with Gasteiger partial charge < -0.3 is 4.43 Å². The molecule has 0 aliphatic rings. The molecule has 0 amide bonds. The topological polar surface area (TPSA) is 9.23 Å². The highest BCUT2D eigenvalue weighted by atomic mass is 35.5. The highest BCUT2D eigenvalue weighted by Gasteiger charge is 2.25. The summed E-state index contributed by atoms with van der Waals surface area (Å²) in [6.07, 6.45) is -4.84. The van der Waals surface area contributed by atoms with Crippen LogP contribution < -0.4 is 0 Å². The second-order valence-electron chi connectivity index (χ2n) is 2.18. The summed E-state index contributed by atoms with van der Waals surface area (Å²) in [5.74, 6) is 0. The van der Waals surface area contributed by atoms with Crippen LogP contribution in [0.3, 0.4) is 0 Å². The van der Waals surface area contributed by atoms with Gasteiger partial charge in [-0.1, -0.05) is 0 Å². The van der Waals surface area contributed by atoms with Gasteiger partial charge in [0.05, 0.1) is 6.61 Å². The summed E-state index contributed by atoms with van der Waals surface area (Å²) < 4.78 is 39.5. The smallest absolute Gasteiger partial charge is 0.388 e. The molecule has 74 valence electrons. The van der Waals surface area contributed by atoms with Crippen LogP contribution in [0.15, 0.2) is 0 Å². The first-order chi connectivity index (χ1) is 5.42. The van der Waals surface area contributed by atoms with Gasteiger partial charge in [0.1, 0.15) is 4.84 Å². The van der Waals surface area contributed by atoms with Crippen molar-refractivity contribution in [3.63, 3.8) is 0 Å². The molecule has 0 aromatic carbocycles. The average molecular weight is 241 g/mol. The molecule has 0 aliphatic carbocycles. The Kier molecular flexibility index (Phi) is 6.35. The van der Waals surface area contributed by atoms with Crippen molar-refractivity contribution in [3.05, 3.63) is 0 Å².